The molecular formula is C27H27N5O4. The van der Waals surface area contributed by atoms with E-state index in [1.807, 2.05) is 48.3 Å². The van der Waals surface area contributed by atoms with Gasteiger partial charge in [0.25, 0.3) is 5.91 Å². The lowest BCUT2D eigenvalue weighted by Gasteiger charge is -2.33. The number of morpholine rings is 1. The second-order valence-electron chi connectivity index (χ2n) is 8.70. The number of aryl methyl sites for hydroxylation is 1. The summed E-state index contributed by atoms with van der Waals surface area (Å²) in [5.41, 5.74) is 6.65. The zero-order valence-corrected chi connectivity index (χ0v) is 19.9. The Morgan fingerprint density at radius 2 is 1.78 bits per heavy atom. The van der Waals surface area contributed by atoms with Gasteiger partial charge in [0.05, 0.1) is 31.5 Å². The smallest absolute Gasteiger partial charge is 0.324 e. The minimum atomic E-state index is -0.583. The molecule has 1 aromatic heterocycles. The molecule has 1 fully saturated rings. The number of benzene rings is 3. The highest BCUT2D eigenvalue weighted by atomic mass is 16.5. The van der Waals surface area contributed by atoms with Gasteiger partial charge in [-0.3, -0.25) is 19.6 Å². The van der Waals surface area contributed by atoms with Crippen LogP contribution in [0.4, 0.5) is 10.5 Å². The van der Waals surface area contributed by atoms with E-state index in [-0.39, 0.29) is 6.03 Å². The summed E-state index contributed by atoms with van der Waals surface area (Å²) in [6.45, 7) is 2.40. The molecule has 0 bridgehead atoms. The molecule has 0 aliphatic carbocycles. The molecule has 5 rings (SSSR count). The number of hydrogen-bond donors (Lipinski definition) is 2. The van der Waals surface area contributed by atoms with Gasteiger partial charge in [-0.05, 0) is 47.0 Å². The van der Waals surface area contributed by atoms with Crippen molar-refractivity contribution in [2.75, 3.05) is 31.2 Å². The summed E-state index contributed by atoms with van der Waals surface area (Å²) >= 11 is 0. The first-order chi connectivity index (χ1) is 17.5. The number of aromatic nitrogens is 2. The fourth-order valence-corrected chi connectivity index (χ4v) is 4.38. The van der Waals surface area contributed by atoms with Crippen molar-refractivity contribution in [1.82, 2.24) is 20.2 Å². The number of urea groups is 1. The van der Waals surface area contributed by atoms with Crippen molar-refractivity contribution in [3.8, 4) is 11.1 Å². The van der Waals surface area contributed by atoms with E-state index in [0.717, 1.165) is 33.3 Å². The zero-order valence-electron chi connectivity index (χ0n) is 19.9. The molecule has 3 aromatic carbocycles. The Labute approximate surface area is 208 Å². The lowest BCUT2D eigenvalue weighted by Crippen LogP contribution is -2.48. The quantitative estimate of drug-likeness (QED) is 0.331. The van der Waals surface area contributed by atoms with Gasteiger partial charge in [0.15, 0.2) is 0 Å². The topological polar surface area (TPSA) is 99.9 Å². The van der Waals surface area contributed by atoms with Gasteiger partial charge < -0.3 is 9.64 Å². The predicted molar refractivity (Wildman–Crippen MR) is 136 cm³/mol. The minimum absolute atomic E-state index is 0.102. The Kier molecular flexibility index (Phi) is 6.66. The number of hydrogen-bond acceptors (Lipinski definition) is 5. The highest BCUT2D eigenvalue weighted by molar-refractivity contribution is 5.94. The molecule has 184 valence electrons. The van der Waals surface area contributed by atoms with Gasteiger partial charge in [0, 0.05) is 36.8 Å². The molecule has 0 atom stereocenters. The van der Waals surface area contributed by atoms with Crippen LogP contribution in [0.25, 0.3) is 22.0 Å². The molecule has 36 heavy (non-hydrogen) atoms. The summed E-state index contributed by atoms with van der Waals surface area (Å²) in [5.74, 6) is -0.583. The van der Waals surface area contributed by atoms with Gasteiger partial charge in [-0.1, -0.05) is 36.4 Å². The number of nitrogens with one attached hydrogen (secondary N) is 1. The third-order valence-electron chi connectivity index (χ3n) is 6.41. The van der Waals surface area contributed by atoms with Crippen LogP contribution in [0.1, 0.15) is 15.9 Å². The van der Waals surface area contributed by atoms with Crippen LogP contribution in [0.3, 0.4) is 0 Å². The van der Waals surface area contributed by atoms with Gasteiger partial charge >= 0.3 is 6.03 Å². The van der Waals surface area contributed by atoms with E-state index < -0.39 is 5.91 Å². The molecule has 4 aromatic rings. The highest BCUT2D eigenvalue weighted by Gasteiger charge is 2.25. The van der Waals surface area contributed by atoms with Gasteiger partial charge in [0.1, 0.15) is 0 Å². The number of ether oxygens (including phenoxy) is 1. The van der Waals surface area contributed by atoms with Crippen LogP contribution in [-0.2, 0) is 18.3 Å². The first kappa shape index (κ1) is 23.5. The Morgan fingerprint density at radius 3 is 2.53 bits per heavy atom. The van der Waals surface area contributed by atoms with E-state index in [0.29, 0.717) is 38.4 Å². The van der Waals surface area contributed by atoms with E-state index >= 15 is 0 Å². The van der Waals surface area contributed by atoms with Crippen molar-refractivity contribution < 1.29 is 19.5 Å². The summed E-state index contributed by atoms with van der Waals surface area (Å²) in [6.07, 6.45) is 1.84. The van der Waals surface area contributed by atoms with Gasteiger partial charge in [-0.15, -0.1) is 0 Å². The number of anilines is 1. The number of amides is 3. The highest BCUT2D eigenvalue weighted by Crippen LogP contribution is 2.29. The minimum Gasteiger partial charge on any atom is -0.378 e. The molecule has 3 amide bonds. The summed E-state index contributed by atoms with van der Waals surface area (Å²) in [6, 6.07) is 20.8. The van der Waals surface area contributed by atoms with Crippen molar-refractivity contribution in [1.29, 1.82) is 0 Å². The van der Waals surface area contributed by atoms with E-state index in [4.69, 9.17) is 9.94 Å². The molecule has 0 radical (unpaired) electrons. The maximum atomic E-state index is 13.6. The average molecular weight is 486 g/mol. The molecule has 1 aliphatic rings. The average Bonchev–Trinajstić information content (AvgIpc) is 3.31. The number of carbonyl (C=O) groups excluding carboxylic acids is 2. The maximum absolute atomic E-state index is 13.6. The van der Waals surface area contributed by atoms with Crippen LogP contribution in [0.15, 0.2) is 72.9 Å². The number of rotatable bonds is 5. The zero-order chi connectivity index (χ0) is 25.1. The molecule has 2 heterocycles. The molecule has 0 unspecified atom stereocenters. The summed E-state index contributed by atoms with van der Waals surface area (Å²) < 4.78 is 7.28. The lowest BCUT2D eigenvalue weighted by atomic mass is 10.0. The predicted octanol–water partition coefficient (Wildman–Crippen LogP) is 3.82. The maximum Gasteiger partial charge on any atom is 0.324 e. The van der Waals surface area contributed by atoms with Crippen molar-refractivity contribution in [2.24, 2.45) is 7.05 Å². The Hall–Kier alpha value is -4.21. The van der Waals surface area contributed by atoms with Crippen molar-refractivity contribution in [3.63, 3.8) is 0 Å². The fraction of sp³-hybridized carbons (Fsp3) is 0.222. The fourth-order valence-electron chi connectivity index (χ4n) is 4.38. The van der Waals surface area contributed by atoms with E-state index in [9.17, 15) is 9.59 Å². The second kappa shape index (κ2) is 10.2. The largest absolute Gasteiger partial charge is 0.378 e. The molecule has 0 spiro atoms. The number of hydroxylamine groups is 1. The number of fused-ring (bicyclic) bond motifs is 1. The summed E-state index contributed by atoms with van der Waals surface area (Å²) in [7, 11) is 1.92. The van der Waals surface area contributed by atoms with E-state index in [1.54, 1.807) is 39.5 Å². The van der Waals surface area contributed by atoms with Gasteiger partial charge in [-0.25, -0.2) is 10.3 Å². The first-order valence-electron chi connectivity index (χ1n) is 11.7. The Morgan fingerprint density at radius 1 is 1.03 bits per heavy atom. The number of nitrogens with zero attached hydrogens (tertiary/aromatic N) is 4. The third-order valence-corrected chi connectivity index (χ3v) is 6.41. The molecule has 0 saturated carbocycles. The summed E-state index contributed by atoms with van der Waals surface area (Å²) in [4.78, 5) is 28.9. The third kappa shape index (κ3) is 4.79. The van der Waals surface area contributed by atoms with Crippen molar-refractivity contribution >= 4 is 28.5 Å². The van der Waals surface area contributed by atoms with Crippen LogP contribution in [0.5, 0.6) is 0 Å². The van der Waals surface area contributed by atoms with Gasteiger partial charge in [-0.2, -0.15) is 5.10 Å². The van der Waals surface area contributed by atoms with Crippen molar-refractivity contribution in [3.05, 3.63) is 84.1 Å². The SMILES string of the molecule is Cn1ncc2ccc(-c3cccc(N(Cc4ccc(C(=O)NO)cc4)C(=O)N4CCOCC4)c3)cc21. The van der Waals surface area contributed by atoms with Crippen LogP contribution >= 0.6 is 0 Å². The van der Waals surface area contributed by atoms with Crippen LogP contribution in [-0.4, -0.2) is 58.1 Å². The Balaban J connectivity index is 1.49. The van der Waals surface area contributed by atoms with Crippen LogP contribution in [0.2, 0.25) is 0 Å². The molecule has 2 N–H and O–H groups in total. The molecule has 1 aliphatic heterocycles. The number of carbonyl (C=O) groups is 2. The van der Waals surface area contributed by atoms with E-state index in [1.165, 1.54) is 0 Å². The Bertz CT molecular complexity index is 1390. The van der Waals surface area contributed by atoms with Crippen LogP contribution < -0.4 is 10.4 Å². The normalized spacial score (nSPS) is 13.6. The van der Waals surface area contributed by atoms with Crippen molar-refractivity contribution in [2.45, 2.75) is 6.54 Å². The monoisotopic (exact) mass is 485 g/mol. The lowest BCUT2D eigenvalue weighted by molar-refractivity contribution is 0.0548. The molecule has 1 saturated heterocycles. The summed E-state index contributed by atoms with van der Waals surface area (Å²) in [5, 5.41) is 14.3. The second-order valence-corrected chi connectivity index (χ2v) is 8.70. The van der Waals surface area contributed by atoms with Gasteiger partial charge in [0.2, 0.25) is 0 Å². The first-order valence-corrected chi connectivity index (χ1v) is 11.7. The molecule has 9 nitrogen and oxygen atoms in total. The standard InChI is InChI=1S/C27H27N5O4/c1-30-25-16-22(9-10-23(25)17-28-30)21-3-2-4-24(15-21)32(27(34)31-11-13-36-14-12-31)18-19-5-7-20(8-6-19)26(33)29-35/h2-10,15-17,35H,11-14,18H2,1H3,(H,29,33). The van der Waals surface area contributed by atoms with Crippen LogP contribution in [0, 0.1) is 0 Å². The van der Waals surface area contributed by atoms with E-state index in [2.05, 4.69) is 17.2 Å². The molecular weight excluding hydrogens is 458 g/mol. The molecule has 9 heteroatoms.